The van der Waals surface area contributed by atoms with Gasteiger partial charge in [-0.1, -0.05) is 36.4 Å². The Morgan fingerprint density at radius 3 is 2.19 bits per heavy atom. The molecule has 2 aromatic rings. The van der Waals surface area contributed by atoms with E-state index in [0.29, 0.717) is 18.1 Å². The van der Waals surface area contributed by atoms with E-state index in [-0.39, 0.29) is 0 Å². The van der Waals surface area contributed by atoms with Crippen molar-refractivity contribution < 1.29 is 18.8 Å². The molecule has 0 radical (unpaired) electrons. The zero-order valence-corrected chi connectivity index (χ0v) is 16.7. The first-order chi connectivity index (χ1) is 12.7. The fraction of sp³-hybridized carbons (Fsp3) is 0.429. The number of hydrogen-bond acceptors (Lipinski definition) is 5. The Hall–Kier alpha value is -2.02. The smallest absolute Gasteiger partial charge is 0.480 e. The first kappa shape index (κ1) is 19.7. The summed E-state index contributed by atoms with van der Waals surface area (Å²) in [6.45, 7) is 8.51. The summed E-state index contributed by atoms with van der Waals surface area (Å²) in [4.78, 5) is 0. The zero-order valence-electron chi connectivity index (χ0n) is 16.7. The Morgan fingerprint density at radius 2 is 1.59 bits per heavy atom. The van der Waals surface area contributed by atoms with E-state index < -0.39 is 24.3 Å². The van der Waals surface area contributed by atoms with Crippen LogP contribution in [0.15, 0.2) is 48.5 Å². The van der Waals surface area contributed by atoms with Gasteiger partial charge in [0.05, 0.1) is 24.3 Å². The number of benzene rings is 2. The molecule has 1 heterocycles. The van der Waals surface area contributed by atoms with Gasteiger partial charge < -0.3 is 24.5 Å². The van der Waals surface area contributed by atoms with Crippen LogP contribution in [0.5, 0.6) is 11.5 Å². The monoisotopic (exact) mass is 369 g/mol. The highest BCUT2D eigenvalue weighted by Gasteiger charge is 2.53. The molecule has 3 rings (SSSR count). The minimum absolute atomic E-state index is 0.422. The van der Waals surface area contributed by atoms with Gasteiger partial charge in [0, 0.05) is 0 Å². The summed E-state index contributed by atoms with van der Waals surface area (Å²) in [5.41, 5.74) is 7.58. The van der Waals surface area contributed by atoms with Gasteiger partial charge in [-0.2, -0.15) is 0 Å². The Bertz CT molecular complexity index is 763. The van der Waals surface area contributed by atoms with Crippen molar-refractivity contribution in [3.63, 3.8) is 0 Å². The van der Waals surface area contributed by atoms with Gasteiger partial charge in [-0.15, -0.1) is 0 Å². The Kier molecular flexibility index (Phi) is 5.51. The number of hydrogen-bond donors (Lipinski definition) is 1. The van der Waals surface area contributed by atoms with Gasteiger partial charge in [0.1, 0.15) is 6.61 Å². The van der Waals surface area contributed by atoms with Gasteiger partial charge >= 0.3 is 7.12 Å². The van der Waals surface area contributed by atoms with Crippen LogP contribution in [0.25, 0.3) is 0 Å². The lowest BCUT2D eigenvalue weighted by atomic mass is 9.75. The third kappa shape index (κ3) is 4.13. The lowest BCUT2D eigenvalue weighted by molar-refractivity contribution is 0.00578. The van der Waals surface area contributed by atoms with Crippen molar-refractivity contribution in [1.82, 2.24) is 0 Å². The first-order valence-electron chi connectivity index (χ1n) is 9.19. The molecular formula is C21H28BNO4. The van der Waals surface area contributed by atoms with Crippen LogP contribution in [0.3, 0.4) is 0 Å². The van der Waals surface area contributed by atoms with Crippen molar-refractivity contribution in [3.8, 4) is 11.5 Å². The van der Waals surface area contributed by atoms with E-state index in [0.717, 1.165) is 11.1 Å². The van der Waals surface area contributed by atoms with Crippen LogP contribution in [0.1, 0.15) is 44.8 Å². The van der Waals surface area contributed by atoms with E-state index in [9.17, 15) is 0 Å². The number of rotatable bonds is 6. The second kappa shape index (κ2) is 7.54. The first-order valence-corrected chi connectivity index (χ1v) is 9.19. The molecule has 0 aromatic heterocycles. The van der Waals surface area contributed by atoms with Gasteiger partial charge in [0.15, 0.2) is 11.5 Å². The van der Waals surface area contributed by atoms with E-state index in [1.165, 1.54) is 0 Å². The largest absolute Gasteiger partial charge is 0.493 e. The van der Waals surface area contributed by atoms with Crippen molar-refractivity contribution in [2.24, 2.45) is 5.73 Å². The molecule has 144 valence electrons. The van der Waals surface area contributed by atoms with E-state index in [4.69, 9.17) is 24.5 Å². The molecule has 5 nitrogen and oxygen atoms in total. The van der Waals surface area contributed by atoms with Crippen molar-refractivity contribution in [2.75, 3.05) is 7.11 Å². The molecule has 27 heavy (non-hydrogen) atoms. The highest BCUT2D eigenvalue weighted by Crippen LogP contribution is 2.40. The van der Waals surface area contributed by atoms with Gasteiger partial charge in [-0.3, -0.25) is 0 Å². The molecule has 1 fully saturated rings. The molecule has 2 N–H and O–H groups in total. The van der Waals surface area contributed by atoms with Crippen molar-refractivity contribution in [2.45, 2.75) is 51.4 Å². The number of ether oxygens (including phenoxy) is 2. The predicted molar refractivity (Wildman–Crippen MR) is 107 cm³/mol. The van der Waals surface area contributed by atoms with Gasteiger partial charge in [0.25, 0.3) is 0 Å². The molecule has 0 bridgehead atoms. The fourth-order valence-electron chi connectivity index (χ4n) is 2.94. The summed E-state index contributed by atoms with van der Waals surface area (Å²) in [7, 11) is 1.10. The predicted octanol–water partition coefficient (Wildman–Crippen LogP) is 3.91. The second-order valence-electron chi connectivity index (χ2n) is 7.84. The van der Waals surface area contributed by atoms with Crippen LogP contribution in [-0.2, 0) is 15.9 Å². The molecule has 0 amide bonds. The minimum Gasteiger partial charge on any atom is -0.493 e. The molecule has 0 saturated carbocycles. The Morgan fingerprint density at radius 1 is 0.963 bits per heavy atom. The zero-order chi connectivity index (χ0) is 19.7. The maximum Gasteiger partial charge on any atom is 0.480 e. The van der Waals surface area contributed by atoms with Crippen LogP contribution < -0.4 is 15.2 Å². The summed E-state index contributed by atoms with van der Waals surface area (Å²) < 4.78 is 23.6. The Labute approximate surface area is 161 Å². The quantitative estimate of drug-likeness (QED) is 0.783. The van der Waals surface area contributed by atoms with Crippen molar-refractivity contribution in [1.29, 1.82) is 0 Å². The highest BCUT2D eigenvalue weighted by atomic mass is 16.7. The van der Waals surface area contributed by atoms with E-state index in [1.54, 1.807) is 7.11 Å². The van der Waals surface area contributed by atoms with Crippen molar-refractivity contribution >= 4 is 7.12 Å². The molecule has 1 atom stereocenters. The van der Waals surface area contributed by atoms with Gasteiger partial charge in [0.2, 0.25) is 0 Å². The van der Waals surface area contributed by atoms with Crippen LogP contribution in [-0.4, -0.2) is 25.4 Å². The lowest BCUT2D eigenvalue weighted by Gasteiger charge is -2.32. The standard InChI is InChI=1S/C21H28BNO4/c1-20(2)21(3,4)27-22(26-20)19(23)16-11-12-17(24-5)18(13-16)25-14-15-9-7-6-8-10-15/h6-13,19H,14,23H2,1-5H3/t19-/m1/s1. The van der Waals surface area contributed by atoms with E-state index in [1.807, 2.05) is 76.2 Å². The molecule has 0 unspecified atom stereocenters. The van der Waals surface area contributed by atoms with Crippen LogP contribution >= 0.6 is 0 Å². The van der Waals surface area contributed by atoms with Crippen molar-refractivity contribution in [3.05, 3.63) is 59.7 Å². The molecule has 1 aliphatic rings. The van der Waals surface area contributed by atoms with Gasteiger partial charge in [-0.05, 0) is 51.0 Å². The molecule has 0 spiro atoms. The summed E-state index contributed by atoms with van der Waals surface area (Å²) in [6, 6.07) is 15.7. The van der Waals surface area contributed by atoms with Gasteiger partial charge in [-0.25, -0.2) is 0 Å². The van der Waals surface area contributed by atoms with Crippen LogP contribution in [0, 0.1) is 0 Å². The summed E-state index contributed by atoms with van der Waals surface area (Å²) in [5, 5.41) is 0. The minimum atomic E-state index is -0.523. The highest BCUT2D eigenvalue weighted by molar-refractivity contribution is 6.47. The summed E-state index contributed by atoms with van der Waals surface area (Å²) in [5.74, 6) is 0.873. The van der Waals surface area contributed by atoms with Crippen LogP contribution in [0.4, 0.5) is 0 Å². The molecule has 6 heteroatoms. The molecule has 1 saturated heterocycles. The molecule has 0 aliphatic carbocycles. The van der Waals surface area contributed by atoms with E-state index >= 15 is 0 Å². The Balaban J connectivity index is 1.78. The summed E-state index contributed by atoms with van der Waals surface area (Å²) >= 11 is 0. The fourth-order valence-corrected chi connectivity index (χ4v) is 2.94. The summed E-state index contributed by atoms with van der Waals surface area (Å²) in [6.07, 6.45) is 0. The molecule has 2 aromatic carbocycles. The molecule has 1 aliphatic heterocycles. The molecular weight excluding hydrogens is 341 g/mol. The normalized spacial score (nSPS) is 19.0. The second-order valence-corrected chi connectivity index (χ2v) is 7.84. The lowest BCUT2D eigenvalue weighted by Crippen LogP contribution is -2.41. The third-order valence-electron chi connectivity index (χ3n) is 5.37. The maximum atomic E-state index is 6.46. The maximum absolute atomic E-state index is 6.46. The topological polar surface area (TPSA) is 62.9 Å². The van der Waals surface area contributed by atoms with E-state index in [2.05, 4.69) is 0 Å². The average molecular weight is 369 g/mol. The van der Waals surface area contributed by atoms with Crippen LogP contribution in [0.2, 0.25) is 0 Å². The number of nitrogens with two attached hydrogens (primary N) is 1. The SMILES string of the molecule is COc1ccc([C@@H](N)B2OC(C)(C)C(C)(C)O2)cc1OCc1ccccc1. The average Bonchev–Trinajstić information content (AvgIpc) is 2.87. The number of methoxy groups -OCH3 is 1. The third-order valence-corrected chi connectivity index (χ3v) is 5.37.